The number of benzene rings is 1. The predicted octanol–water partition coefficient (Wildman–Crippen LogP) is 1.70. The third-order valence-electron chi connectivity index (χ3n) is 6.68. The highest BCUT2D eigenvalue weighted by molar-refractivity contribution is 7.89. The van der Waals surface area contributed by atoms with E-state index in [1.165, 1.54) is 16.1 Å². The molecule has 0 unspecified atom stereocenters. The molecule has 1 aliphatic carbocycles. The monoisotopic (exact) mass is 474 g/mol. The second-order valence-corrected chi connectivity index (χ2v) is 10.5. The van der Waals surface area contributed by atoms with Crippen LogP contribution < -0.4 is 16.0 Å². The molecule has 1 amide bonds. The summed E-state index contributed by atoms with van der Waals surface area (Å²) in [4.78, 5) is 24.3. The lowest BCUT2D eigenvalue weighted by Crippen LogP contribution is -2.41. The van der Waals surface area contributed by atoms with Crippen LogP contribution in [0.5, 0.6) is 5.75 Å². The molecule has 0 atom stereocenters. The van der Waals surface area contributed by atoms with Gasteiger partial charge in [-0.15, -0.1) is 0 Å². The molecule has 178 valence electrons. The minimum atomic E-state index is -3.87. The van der Waals surface area contributed by atoms with Crippen molar-refractivity contribution in [3.05, 3.63) is 39.7 Å². The number of aryl methyl sites for hydroxylation is 1. The van der Waals surface area contributed by atoms with Crippen molar-refractivity contribution < 1.29 is 17.9 Å². The van der Waals surface area contributed by atoms with Gasteiger partial charge in [0.2, 0.25) is 15.9 Å². The largest absolute Gasteiger partial charge is 0.495 e. The number of nitrogens with two attached hydrogens (primary N) is 1. The van der Waals surface area contributed by atoms with Crippen molar-refractivity contribution in [2.45, 2.75) is 56.9 Å². The Bertz CT molecular complexity index is 1230. The van der Waals surface area contributed by atoms with E-state index in [2.05, 4.69) is 5.10 Å². The summed E-state index contributed by atoms with van der Waals surface area (Å²) in [6.45, 7) is 2.75. The van der Waals surface area contributed by atoms with Gasteiger partial charge in [-0.2, -0.15) is 9.40 Å². The zero-order valence-electron chi connectivity index (χ0n) is 19.0. The standard InChI is InChI=1S/C23H30N4O5S/c1-3-27-23(29)18-7-5-4-6-17(18)21(25-27)16-8-9-19(32-2)20(14-16)33(30,31)26-12-10-15(11-13-26)22(24)28/h8-9,14-15H,3-7,10-13H2,1-2H3,(H2,24,28). The molecule has 1 fully saturated rings. The van der Waals surface area contributed by atoms with E-state index in [1.54, 1.807) is 18.2 Å². The van der Waals surface area contributed by atoms with Crippen LogP contribution in [0, 0.1) is 5.92 Å². The summed E-state index contributed by atoms with van der Waals surface area (Å²) in [6.07, 6.45) is 4.17. The minimum absolute atomic E-state index is 0.0561. The first-order valence-electron chi connectivity index (χ1n) is 11.4. The molecule has 0 radical (unpaired) electrons. The third kappa shape index (κ3) is 4.29. The van der Waals surface area contributed by atoms with Crippen molar-refractivity contribution in [1.29, 1.82) is 0 Å². The van der Waals surface area contributed by atoms with Crippen LogP contribution in [-0.2, 0) is 34.2 Å². The molecular formula is C23H30N4O5S. The fraction of sp³-hybridized carbons (Fsp3) is 0.522. The predicted molar refractivity (Wildman–Crippen MR) is 123 cm³/mol. The molecule has 1 aromatic heterocycles. The fourth-order valence-corrected chi connectivity index (χ4v) is 6.43. The Kier molecular flexibility index (Phi) is 6.58. The van der Waals surface area contributed by atoms with Crippen molar-refractivity contribution in [2.24, 2.45) is 11.7 Å². The number of methoxy groups -OCH3 is 1. The Morgan fingerprint density at radius 1 is 1.18 bits per heavy atom. The molecule has 2 N–H and O–H groups in total. The number of aromatic nitrogens is 2. The van der Waals surface area contributed by atoms with Crippen LogP contribution in [0.25, 0.3) is 11.3 Å². The maximum atomic E-state index is 13.5. The topological polar surface area (TPSA) is 125 Å². The van der Waals surface area contributed by atoms with Crippen molar-refractivity contribution in [1.82, 2.24) is 14.1 Å². The van der Waals surface area contributed by atoms with Crippen LogP contribution in [0.3, 0.4) is 0 Å². The molecule has 9 nitrogen and oxygen atoms in total. The molecule has 1 aliphatic heterocycles. The van der Waals surface area contributed by atoms with E-state index in [0.29, 0.717) is 37.1 Å². The lowest BCUT2D eigenvalue weighted by Gasteiger charge is -2.30. The molecule has 1 aromatic carbocycles. The number of nitrogens with zero attached hydrogens (tertiary/aromatic N) is 3. The van der Waals surface area contributed by atoms with Gasteiger partial charge in [0.25, 0.3) is 5.56 Å². The van der Waals surface area contributed by atoms with Gasteiger partial charge in [0.1, 0.15) is 10.6 Å². The van der Waals surface area contributed by atoms with Crippen LogP contribution in [0.1, 0.15) is 43.7 Å². The zero-order valence-corrected chi connectivity index (χ0v) is 19.9. The lowest BCUT2D eigenvalue weighted by atomic mass is 9.90. The molecule has 0 bridgehead atoms. The molecule has 2 aliphatic rings. The minimum Gasteiger partial charge on any atom is -0.495 e. The van der Waals surface area contributed by atoms with Gasteiger partial charge in [-0.25, -0.2) is 13.1 Å². The molecular weight excluding hydrogens is 444 g/mol. The molecule has 0 saturated carbocycles. The average molecular weight is 475 g/mol. The number of carbonyl (C=O) groups excluding carboxylic acids is 1. The summed E-state index contributed by atoms with van der Waals surface area (Å²) in [7, 11) is -2.43. The van der Waals surface area contributed by atoms with Crippen molar-refractivity contribution in [2.75, 3.05) is 20.2 Å². The quantitative estimate of drug-likeness (QED) is 0.679. The number of ether oxygens (including phenoxy) is 1. The summed E-state index contributed by atoms with van der Waals surface area (Å²) >= 11 is 0. The Morgan fingerprint density at radius 3 is 2.45 bits per heavy atom. The van der Waals surface area contributed by atoms with E-state index < -0.39 is 15.9 Å². The summed E-state index contributed by atoms with van der Waals surface area (Å²) in [5.41, 5.74) is 8.31. The van der Waals surface area contributed by atoms with Crippen molar-refractivity contribution >= 4 is 15.9 Å². The summed E-state index contributed by atoms with van der Waals surface area (Å²) in [6, 6.07) is 5.02. The lowest BCUT2D eigenvalue weighted by molar-refractivity contribution is -0.122. The van der Waals surface area contributed by atoms with Gasteiger partial charge in [-0.05, 0) is 69.2 Å². The number of hydrogen-bond donors (Lipinski definition) is 1. The van der Waals surface area contributed by atoms with Gasteiger partial charge in [0.05, 0.1) is 12.8 Å². The number of primary amides is 1. The first-order valence-corrected chi connectivity index (χ1v) is 12.8. The summed E-state index contributed by atoms with van der Waals surface area (Å²) < 4.78 is 35.3. The Morgan fingerprint density at radius 2 is 1.85 bits per heavy atom. The SMILES string of the molecule is CCn1nc(-c2ccc(OC)c(S(=O)(=O)N3CCC(C(N)=O)CC3)c2)c2c(c1=O)CCCC2. The molecule has 1 saturated heterocycles. The van der Waals surface area contributed by atoms with Crippen LogP contribution >= 0.6 is 0 Å². The van der Waals surface area contributed by atoms with E-state index in [0.717, 1.165) is 30.4 Å². The number of piperidine rings is 1. The average Bonchev–Trinajstić information content (AvgIpc) is 2.84. The van der Waals surface area contributed by atoms with Crippen LogP contribution in [-0.4, -0.2) is 48.6 Å². The smallest absolute Gasteiger partial charge is 0.270 e. The van der Waals surface area contributed by atoms with Gasteiger partial charge < -0.3 is 10.5 Å². The fourth-order valence-electron chi connectivity index (χ4n) is 4.78. The Balaban J connectivity index is 1.79. The van der Waals surface area contributed by atoms with Crippen LogP contribution in [0.2, 0.25) is 0 Å². The number of sulfonamides is 1. The number of hydrogen-bond acceptors (Lipinski definition) is 6. The summed E-state index contributed by atoms with van der Waals surface area (Å²) in [5.74, 6) is -0.461. The Labute approximate surface area is 193 Å². The van der Waals surface area contributed by atoms with E-state index in [4.69, 9.17) is 10.5 Å². The maximum Gasteiger partial charge on any atom is 0.270 e. The Hall–Kier alpha value is -2.72. The zero-order chi connectivity index (χ0) is 23.8. The molecule has 2 heterocycles. The van der Waals surface area contributed by atoms with Crippen LogP contribution in [0.4, 0.5) is 0 Å². The maximum absolute atomic E-state index is 13.5. The van der Waals surface area contributed by atoms with E-state index in [1.807, 2.05) is 6.92 Å². The molecule has 2 aromatic rings. The van der Waals surface area contributed by atoms with E-state index in [-0.39, 0.29) is 35.2 Å². The van der Waals surface area contributed by atoms with Gasteiger partial charge in [-0.1, -0.05) is 0 Å². The van der Waals surface area contributed by atoms with E-state index in [9.17, 15) is 18.0 Å². The first kappa shape index (κ1) is 23.4. The number of fused-ring (bicyclic) bond motifs is 1. The highest BCUT2D eigenvalue weighted by Crippen LogP contribution is 2.35. The van der Waals surface area contributed by atoms with Gasteiger partial charge in [0, 0.05) is 36.7 Å². The van der Waals surface area contributed by atoms with Crippen LogP contribution in [0.15, 0.2) is 27.9 Å². The van der Waals surface area contributed by atoms with Gasteiger partial charge >= 0.3 is 0 Å². The molecule has 0 spiro atoms. The highest BCUT2D eigenvalue weighted by Gasteiger charge is 2.33. The second-order valence-electron chi connectivity index (χ2n) is 8.58. The number of rotatable bonds is 6. The normalized spacial score (nSPS) is 17.5. The third-order valence-corrected chi connectivity index (χ3v) is 8.60. The number of amides is 1. The first-order chi connectivity index (χ1) is 15.8. The molecule has 4 rings (SSSR count). The van der Waals surface area contributed by atoms with E-state index >= 15 is 0 Å². The van der Waals surface area contributed by atoms with Crippen molar-refractivity contribution in [3.63, 3.8) is 0 Å². The summed E-state index contributed by atoms with van der Waals surface area (Å²) in [5, 5.41) is 4.60. The number of carbonyl (C=O) groups is 1. The highest BCUT2D eigenvalue weighted by atomic mass is 32.2. The second kappa shape index (κ2) is 9.26. The molecule has 33 heavy (non-hydrogen) atoms. The van der Waals surface area contributed by atoms with Gasteiger partial charge in [0.15, 0.2) is 0 Å². The van der Waals surface area contributed by atoms with Crippen molar-refractivity contribution in [3.8, 4) is 17.0 Å². The van der Waals surface area contributed by atoms with Gasteiger partial charge in [-0.3, -0.25) is 9.59 Å². The molecule has 10 heteroatoms.